The number of rotatable bonds is 6. The molecule has 10 aromatic carbocycles. The first-order valence-corrected chi connectivity index (χ1v) is 21.0. The van der Waals surface area contributed by atoms with Crippen LogP contribution in [0.4, 0.5) is 17.1 Å². The van der Waals surface area contributed by atoms with Gasteiger partial charge in [0.05, 0.1) is 11.1 Å². The second-order valence-electron chi connectivity index (χ2n) is 16.0. The molecule has 1 aliphatic heterocycles. The first kappa shape index (κ1) is 35.0. The average molecular weight is 778 g/mol. The van der Waals surface area contributed by atoms with Gasteiger partial charge in [-0.25, -0.2) is 0 Å². The molecule has 0 unspecified atom stereocenters. The van der Waals surface area contributed by atoms with E-state index in [0.29, 0.717) is 0 Å². The lowest BCUT2D eigenvalue weighted by Gasteiger charge is -2.39. The summed E-state index contributed by atoms with van der Waals surface area (Å²) in [7, 11) is 0. The van der Waals surface area contributed by atoms with Crippen LogP contribution in [0.2, 0.25) is 0 Å². The Labute approximate surface area is 356 Å². The highest BCUT2D eigenvalue weighted by Crippen LogP contribution is 2.62. The van der Waals surface area contributed by atoms with Crippen LogP contribution >= 0.6 is 0 Å². The van der Waals surface area contributed by atoms with E-state index in [9.17, 15) is 0 Å². The molecular formula is C59H39NO. The van der Waals surface area contributed by atoms with Crippen LogP contribution in [0.25, 0.3) is 55.3 Å². The molecule has 0 saturated carbocycles. The van der Waals surface area contributed by atoms with Gasteiger partial charge in [0.25, 0.3) is 0 Å². The normalized spacial score (nSPS) is 12.9. The second kappa shape index (κ2) is 14.1. The maximum absolute atomic E-state index is 6.61. The van der Waals surface area contributed by atoms with Crippen LogP contribution < -0.4 is 9.64 Å². The van der Waals surface area contributed by atoms with E-state index in [2.05, 4.69) is 241 Å². The minimum absolute atomic E-state index is 0.525. The molecular weight excluding hydrogens is 739 g/mol. The van der Waals surface area contributed by atoms with Crippen LogP contribution in [0.3, 0.4) is 0 Å². The van der Waals surface area contributed by atoms with E-state index in [0.717, 1.165) is 28.6 Å². The monoisotopic (exact) mass is 777 g/mol. The third-order valence-corrected chi connectivity index (χ3v) is 12.8. The summed E-state index contributed by atoms with van der Waals surface area (Å²) in [6, 6.07) is 85.8. The Morgan fingerprint density at radius 1 is 0.295 bits per heavy atom. The molecule has 12 rings (SSSR count). The summed E-state index contributed by atoms with van der Waals surface area (Å²) < 4.78 is 6.61. The highest BCUT2D eigenvalue weighted by atomic mass is 16.5. The van der Waals surface area contributed by atoms with E-state index in [1.165, 1.54) is 77.5 Å². The highest BCUT2D eigenvalue weighted by Gasteiger charge is 2.51. The maximum atomic E-state index is 6.61. The smallest absolute Gasteiger partial charge is 0.132 e. The largest absolute Gasteiger partial charge is 0.457 e. The van der Waals surface area contributed by atoms with E-state index in [1.807, 2.05) is 0 Å². The summed E-state index contributed by atoms with van der Waals surface area (Å²) in [6.07, 6.45) is 0. The van der Waals surface area contributed by atoms with Crippen molar-refractivity contribution < 1.29 is 4.74 Å². The fraction of sp³-hybridized carbons (Fsp3) is 0.0169. The summed E-state index contributed by atoms with van der Waals surface area (Å²) >= 11 is 0. The Morgan fingerprint density at radius 2 is 0.754 bits per heavy atom. The summed E-state index contributed by atoms with van der Waals surface area (Å²) in [5, 5.41) is 2.49. The minimum atomic E-state index is -0.525. The third-order valence-electron chi connectivity index (χ3n) is 12.8. The number of anilines is 3. The van der Waals surface area contributed by atoms with Gasteiger partial charge in [-0.2, -0.15) is 0 Å². The van der Waals surface area contributed by atoms with Gasteiger partial charge in [0.15, 0.2) is 0 Å². The quantitative estimate of drug-likeness (QED) is 0.167. The first-order valence-electron chi connectivity index (χ1n) is 21.0. The number of hydrogen-bond acceptors (Lipinski definition) is 2. The van der Waals surface area contributed by atoms with Gasteiger partial charge >= 0.3 is 0 Å². The lowest BCUT2D eigenvalue weighted by molar-refractivity contribution is 0.436. The molecule has 61 heavy (non-hydrogen) atoms. The molecule has 0 amide bonds. The zero-order valence-electron chi connectivity index (χ0n) is 33.4. The van der Waals surface area contributed by atoms with Crippen LogP contribution in [0, 0.1) is 0 Å². The molecule has 0 radical (unpaired) electrons. The van der Waals surface area contributed by atoms with Crippen LogP contribution in [0.1, 0.15) is 22.3 Å². The van der Waals surface area contributed by atoms with Crippen molar-refractivity contribution in [2.45, 2.75) is 5.41 Å². The van der Waals surface area contributed by atoms with E-state index in [1.54, 1.807) is 0 Å². The molecule has 0 atom stereocenters. The van der Waals surface area contributed by atoms with Gasteiger partial charge in [-0.1, -0.05) is 194 Å². The first-order chi connectivity index (χ1) is 30.3. The van der Waals surface area contributed by atoms with Crippen LogP contribution in [0.15, 0.2) is 237 Å². The Bertz CT molecular complexity index is 3230. The Balaban J connectivity index is 1.05. The molecule has 2 aliphatic rings. The fourth-order valence-electron chi connectivity index (χ4n) is 10.2. The van der Waals surface area contributed by atoms with Gasteiger partial charge in [0.1, 0.15) is 11.5 Å². The molecule has 1 aliphatic carbocycles. The molecule has 0 N–H and O–H groups in total. The Hall–Kier alpha value is -7.94. The zero-order chi connectivity index (χ0) is 40.3. The van der Waals surface area contributed by atoms with Gasteiger partial charge in [0.2, 0.25) is 0 Å². The number of ether oxygens (including phenoxy) is 1. The minimum Gasteiger partial charge on any atom is -0.457 e. The topological polar surface area (TPSA) is 12.5 Å². The predicted molar refractivity (Wildman–Crippen MR) is 252 cm³/mol. The van der Waals surface area contributed by atoms with E-state index < -0.39 is 5.41 Å². The van der Waals surface area contributed by atoms with Crippen molar-refractivity contribution in [3.05, 3.63) is 259 Å². The van der Waals surface area contributed by atoms with Crippen molar-refractivity contribution >= 4 is 27.8 Å². The lowest BCUT2D eigenvalue weighted by Crippen LogP contribution is -2.32. The maximum Gasteiger partial charge on any atom is 0.132 e. The van der Waals surface area contributed by atoms with E-state index in [-0.39, 0.29) is 0 Å². The summed E-state index contributed by atoms with van der Waals surface area (Å²) in [6.45, 7) is 0. The van der Waals surface area contributed by atoms with Crippen molar-refractivity contribution in [1.82, 2.24) is 0 Å². The molecule has 0 saturated heterocycles. The molecule has 286 valence electrons. The van der Waals surface area contributed by atoms with Crippen molar-refractivity contribution in [2.75, 3.05) is 4.90 Å². The van der Waals surface area contributed by atoms with E-state index >= 15 is 0 Å². The number of nitrogens with zero attached hydrogens (tertiary/aromatic N) is 1. The molecule has 2 nitrogen and oxygen atoms in total. The number of benzene rings is 10. The Morgan fingerprint density at radius 3 is 1.39 bits per heavy atom. The van der Waals surface area contributed by atoms with Gasteiger partial charge in [0, 0.05) is 28.1 Å². The molecule has 0 bridgehead atoms. The third kappa shape index (κ3) is 5.43. The summed E-state index contributed by atoms with van der Waals surface area (Å²) in [5.74, 6) is 1.79. The lowest BCUT2D eigenvalue weighted by atomic mass is 9.66. The fourth-order valence-corrected chi connectivity index (χ4v) is 10.2. The highest BCUT2D eigenvalue weighted by molar-refractivity contribution is 6.05. The van der Waals surface area contributed by atoms with Crippen LogP contribution in [0.5, 0.6) is 11.5 Å². The standard InChI is InChI=1S/C59H39NO/c1-3-17-40(18-4-1)45-36-37-46(49-23-8-7-22-48(45)49)42-31-33-43(34-32-42)60(56-28-14-10-21-47(56)41-19-5-2-6-20-41)44-35-38-53-51(39-44)50-24-9-11-25-52(50)59(53)54-26-12-15-29-57(54)61-58-30-16-13-27-55(58)59/h1-39H. The van der Waals surface area contributed by atoms with Gasteiger partial charge < -0.3 is 9.64 Å². The van der Waals surface area contributed by atoms with Gasteiger partial charge in [-0.05, 0) is 103 Å². The summed E-state index contributed by atoms with van der Waals surface area (Å²) in [4.78, 5) is 2.43. The van der Waals surface area contributed by atoms with Crippen molar-refractivity contribution in [1.29, 1.82) is 0 Å². The van der Waals surface area contributed by atoms with Gasteiger partial charge in [-0.15, -0.1) is 0 Å². The number of fused-ring (bicyclic) bond motifs is 10. The molecule has 1 spiro atoms. The van der Waals surface area contributed by atoms with E-state index in [4.69, 9.17) is 4.74 Å². The van der Waals surface area contributed by atoms with Gasteiger partial charge in [-0.3, -0.25) is 0 Å². The predicted octanol–water partition coefficient (Wildman–Crippen LogP) is 15.8. The molecule has 2 heteroatoms. The number of hydrogen-bond donors (Lipinski definition) is 0. The van der Waals surface area contributed by atoms with Crippen molar-refractivity contribution in [3.63, 3.8) is 0 Å². The molecule has 0 fully saturated rings. The zero-order valence-corrected chi connectivity index (χ0v) is 33.4. The van der Waals surface area contributed by atoms with Crippen LogP contribution in [-0.2, 0) is 5.41 Å². The molecule has 1 heterocycles. The SMILES string of the molecule is c1ccc(-c2ccccc2N(c2ccc(-c3ccc(-c4ccccc4)c4ccccc34)cc2)c2ccc3c(c2)-c2ccccc2C32c3ccccc3Oc3ccccc32)cc1. The molecule has 0 aromatic heterocycles. The number of para-hydroxylation sites is 3. The van der Waals surface area contributed by atoms with Crippen LogP contribution in [-0.4, -0.2) is 0 Å². The average Bonchev–Trinajstić information content (AvgIpc) is 3.62. The Kier molecular flexibility index (Phi) is 8.11. The van der Waals surface area contributed by atoms with Crippen molar-refractivity contribution in [3.8, 4) is 56.0 Å². The second-order valence-corrected chi connectivity index (χ2v) is 16.0. The summed E-state index contributed by atoms with van der Waals surface area (Å²) in [5.41, 5.74) is 17.3. The molecule has 10 aromatic rings. The van der Waals surface area contributed by atoms with Crippen molar-refractivity contribution in [2.24, 2.45) is 0 Å².